The van der Waals surface area contributed by atoms with Crippen LogP contribution in [0.2, 0.25) is 0 Å². The Hall–Kier alpha value is -12.4. The van der Waals surface area contributed by atoms with Crippen molar-refractivity contribution in [3.05, 3.63) is 250 Å². The molecular formula is C87H106F7N19O5. The van der Waals surface area contributed by atoms with Crippen molar-refractivity contribution >= 4 is 63.9 Å². The predicted molar refractivity (Wildman–Crippen MR) is 453 cm³/mol. The molecule has 14 rings (SSSR count). The number of nitrogens with one attached hydrogen (secondary N) is 3. The maximum absolute atomic E-state index is 14.6. The van der Waals surface area contributed by atoms with Gasteiger partial charge in [-0.2, -0.15) is 26.3 Å². The van der Waals surface area contributed by atoms with Crippen LogP contribution < -0.4 is 64.1 Å². The second-order valence-corrected chi connectivity index (χ2v) is 29.3. The summed E-state index contributed by atoms with van der Waals surface area (Å²) in [6.07, 6.45) is 3.68. The van der Waals surface area contributed by atoms with Crippen LogP contribution in [0.4, 0.5) is 71.5 Å². The van der Waals surface area contributed by atoms with Gasteiger partial charge in [-0.1, -0.05) is 94.5 Å². The van der Waals surface area contributed by atoms with Crippen LogP contribution in [0.25, 0.3) is 11.1 Å². The van der Waals surface area contributed by atoms with E-state index in [1.54, 1.807) is 61.7 Å². The first-order chi connectivity index (χ1) is 56.6. The molecule has 118 heavy (non-hydrogen) atoms. The van der Waals surface area contributed by atoms with Crippen molar-refractivity contribution in [1.29, 1.82) is 0 Å². The molecule has 0 radical (unpaired) electrons. The van der Waals surface area contributed by atoms with E-state index in [1.165, 1.54) is 60.6 Å². The van der Waals surface area contributed by atoms with Crippen molar-refractivity contribution < 1.29 is 63.2 Å². The number of alkyl halides is 6. The van der Waals surface area contributed by atoms with Crippen LogP contribution in [0.3, 0.4) is 0 Å². The van der Waals surface area contributed by atoms with Gasteiger partial charge in [0.25, 0.3) is 0 Å². The van der Waals surface area contributed by atoms with E-state index in [0.29, 0.717) is 64.6 Å². The quantitative estimate of drug-likeness (QED) is 0.0200. The number of halogens is 7. The molecule has 13 N–H and O–H groups in total. The Morgan fingerprint density at radius 3 is 1.53 bits per heavy atom. The lowest BCUT2D eigenvalue weighted by Gasteiger charge is -2.35. The third kappa shape index (κ3) is 22.0. The zero-order valence-electron chi connectivity index (χ0n) is 65.8. The highest BCUT2D eigenvalue weighted by Crippen LogP contribution is 2.38. The van der Waals surface area contributed by atoms with Crippen molar-refractivity contribution in [2.24, 2.45) is 11.7 Å². The van der Waals surface area contributed by atoms with Gasteiger partial charge in [0.15, 0.2) is 0 Å². The fraction of sp³-hybridized carbons (Fsp3) is 0.333. The van der Waals surface area contributed by atoms with Crippen LogP contribution in [0, 0.1) is 23.6 Å². The summed E-state index contributed by atoms with van der Waals surface area (Å²) >= 11 is 0. The molecule has 2 aromatic carbocycles. The van der Waals surface area contributed by atoms with Crippen molar-refractivity contribution in [2.75, 3.05) is 103 Å². The average Bonchev–Trinajstić information content (AvgIpc) is 1.49. The zero-order valence-corrected chi connectivity index (χ0v) is 65.8. The first kappa shape index (κ1) is 86.5. The average molecular weight is 1630 g/mol. The molecule has 2 unspecified atom stereocenters. The van der Waals surface area contributed by atoms with Crippen LogP contribution in [0.5, 0.6) is 5.88 Å². The van der Waals surface area contributed by atoms with Gasteiger partial charge in [0.2, 0.25) is 29.0 Å². The first-order valence-electron chi connectivity index (χ1n) is 38.9. The van der Waals surface area contributed by atoms with Gasteiger partial charge in [0, 0.05) is 121 Å². The lowest BCUT2D eigenvalue weighted by Crippen LogP contribution is -2.51. The van der Waals surface area contributed by atoms with Gasteiger partial charge >= 0.3 is 12.4 Å². The summed E-state index contributed by atoms with van der Waals surface area (Å²) in [5.41, 5.74) is 28.6. The lowest BCUT2D eigenvalue weighted by atomic mass is 9.97. The number of ether oxygens (including phenoxy) is 1. The molecule has 3 atom stereocenters. The highest BCUT2D eigenvalue weighted by molar-refractivity contribution is 6.15. The number of ketones is 4. The van der Waals surface area contributed by atoms with E-state index in [0.717, 1.165) is 121 Å². The number of nitrogens with two attached hydrogens (primary N) is 5. The van der Waals surface area contributed by atoms with Gasteiger partial charge in [0.1, 0.15) is 75.9 Å². The van der Waals surface area contributed by atoms with Gasteiger partial charge in [-0.3, -0.25) is 19.2 Å². The standard InChI is InChI=1S/C25H28FN5O.C24H23N5O.C20H24F3N5O.C18H19F3N4O2.6H2/c1-16(2)14-17-15-31(13-12-28-17)22-10-9-19(18-6-3-4-8-21(18)26)23(30-22)24(32)20-7-5-11-29-25(20)27;1-2-7-18-11-12-21(28-22(18)23(30)19-10-6-13-27-24(19)25)29-15-14-26-20(16-29)17-8-4-3-5-9-17;1-2-5-13-12-28(11-4-10-25-13)16-8-7-15(20(21,22)23)17(27-16)18(29)14-6-3-9-26-19(14)24;19-18(20,21)12-5-6-13(27-10-17(23)7-1-2-8-17)25-14(12)15(26)11-4-3-9-24-16(11)22;;;;;;/h3-11,16-17,28H,12-15H2,1-2H3,(H2,27,29);3-6,8-13,20,26H,14-16H2,1H3,(H2,25,27);3,6-9,13,25H,2,4-5,10-12H2,1H3,(H2,24,26);3-6,9H,1-2,7-8,10,23H2,(H2,22,24);6*1H/t17-;;;;;;;;;/m0........./s1. The SMILES string of the molecule is CC#Cc1ccc(N2CCNC(c3ccccc3)C2)nc1C(=O)c1cccnc1N.CC(C)C[C@H]1CN(c2ccc(-c3ccccc3F)c(C(=O)c3cccnc3N)n2)CCN1.CCCC1CN(c2ccc(C(F)(F)F)c(C(=O)c3cccnc3N)n2)CCCN1.Nc1ncccc1C(=O)c1nc(OCC2(N)CCCC2)ccc1C(F)(F)F.[HH].[HH].[HH].[HH].[HH].[HH]. The van der Waals surface area contributed by atoms with E-state index < -0.39 is 57.8 Å². The minimum Gasteiger partial charge on any atom is -0.476 e. The van der Waals surface area contributed by atoms with E-state index in [4.69, 9.17) is 43.4 Å². The molecule has 0 amide bonds. The molecule has 24 nitrogen and oxygen atoms in total. The second-order valence-electron chi connectivity index (χ2n) is 29.3. The van der Waals surface area contributed by atoms with Crippen molar-refractivity contribution in [3.63, 3.8) is 0 Å². The number of rotatable bonds is 20. The number of carbonyl (C=O) groups excluding carboxylic acids is 4. The third-order valence-corrected chi connectivity index (χ3v) is 20.3. The number of hydrogen-bond donors (Lipinski definition) is 8. The Balaban J connectivity index is 0.000000289. The number of anilines is 7. The van der Waals surface area contributed by atoms with E-state index in [2.05, 4.69) is 100 Å². The Morgan fingerprint density at radius 1 is 0.525 bits per heavy atom. The third-order valence-electron chi connectivity index (χ3n) is 20.3. The smallest absolute Gasteiger partial charge is 0.418 e. The normalized spacial score (nSPS) is 16.6. The Labute approximate surface area is 688 Å². The summed E-state index contributed by atoms with van der Waals surface area (Å²) in [5, 5.41) is 10.6. The van der Waals surface area contributed by atoms with Gasteiger partial charge in [-0.05, 0) is 154 Å². The van der Waals surface area contributed by atoms with Crippen molar-refractivity contribution in [3.8, 4) is 28.8 Å². The summed E-state index contributed by atoms with van der Waals surface area (Å²) in [6.45, 7) is 15.3. The van der Waals surface area contributed by atoms with E-state index in [-0.39, 0.29) is 90.4 Å². The van der Waals surface area contributed by atoms with Gasteiger partial charge < -0.3 is 64.1 Å². The molecule has 3 aliphatic heterocycles. The Kier molecular flexibility index (Phi) is 29.0. The fourth-order valence-corrected chi connectivity index (χ4v) is 14.4. The summed E-state index contributed by atoms with van der Waals surface area (Å²) in [6, 6.07) is 41.2. The second kappa shape index (κ2) is 39.5. The Bertz CT molecular complexity index is 5270. The molecule has 3 saturated heterocycles. The largest absolute Gasteiger partial charge is 0.476 e. The van der Waals surface area contributed by atoms with Gasteiger partial charge in [-0.25, -0.2) is 44.3 Å². The maximum atomic E-state index is 14.6. The number of piperazine rings is 2. The molecular weight excluding hydrogens is 1520 g/mol. The van der Waals surface area contributed by atoms with Crippen LogP contribution >= 0.6 is 0 Å². The summed E-state index contributed by atoms with van der Waals surface area (Å²) in [4.78, 5) is 91.6. The van der Waals surface area contributed by atoms with Gasteiger partial charge in [-0.15, -0.1) is 5.92 Å². The molecule has 1 aliphatic carbocycles. The molecule has 4 aliphatic rings. The fourth-order valence-electron chi connectivity index (χ4n) is 14.4. The number of nitrogens with zero attached hydrogens (tertiary/aromatic N) is 11. The molecule has 8 aromatic heterocycles. The number of benzene rings is 2. The van der Waals surface area contributed by atoms with Crippen molar-refractivity contribution in [1.82, 2.24) is 55.8 Å². The van der Waals surface area contributed by atoms with E-state index in [9.17, 15) is 49.9 Å². The van der Waals surface area contributed by atoms with Crippen LogP contribution in [-0.2, 0) is 12.4 Å². The van der Waals surface area contributed by atoms with Crippen LogP contribution in [0.15, 0.2) is 176 Å². The highest BCUT2D eigenvalue weighted by atomic mass is 19.4. The molecule has 0 spiro atoms. The molecule has 0 bridgehead atoms. The van der Waals surface area contributed by atoms with E-state index >= 15 is 0 Å². The maximum Gasteiger partial charge on any atom is 0.418 e. The Morgan fingerprint density at radius 2 is 0.992 bits per heavy atom. The first-order valence-corrected chi connectivity index (χ1v) is 38.9. The van der Waals surface area contributed by atoms with Crippen LogP contribution in [-0.4, -0.2) is 146 Å². The minimum atomic E-state index is -4.76. The zero-order chi connectivity index (χ0) is 84.3. The number of pyridine rings is 8. The highest BCUT2D eigenvalue weighted by Gasteiger charge is 2.40. The molecule has 4 fully saturated rings. The van der Waals surface area contributed by atoms with Crippen molar-refractivity contribution in [2.45, 2.75) is 115 Å². The predicted octanol–water partition coefficient (Wildman–Crippen LogP) is 14.4. The van der Waals surface area contributed by atoms with Gasteiger partial charge in [0.05, 0.1) is 44.5 Å². The summed E-state index contributed by atoms with van der Waals surface area (Å²) < 4.78 is 101. The molecule has 1 saturated carbocycles. The van der Waals surface area contributed by atoms with Crippen LogP contribution in [0.1, 0.15) is 180 Å². The molecule has 628 valence electrons. The number of aromatic nitrogens is 8. The number of hydrogen-bond acceptors (Lipinski definition) is 24. The summed E-state index contributed by atoms with van der Waals surface area (Å²) in [5.74, 6) is 5.26. The number of nitrogen functional groups attached to an aromatic ring is 4. The molecule has 11 heterocycles. The van der Waals surface area contributed by atoms with E-state index in [1.807, 2.05) is 41.3 Å². The number of carbonyl (C=O) groups is 4. The lowest BCUT2D eigenvalue weighted by molar-refractivity contribution is -0.139. The molecule has 31 heteroatoms. The topological polar surface area (TPSA) is 357 Å². The molecule has 10 aromatic rings. The summed E-state index contributed by atoms with van der Waals surface area (Å²) in [7, 11) is 0. The minimum absolute atomic E-state index is 0. The monoisotopic (exact) mass is 1630 g/mol.